The number of nitrogens with zero attached hydrogens (tertiary/aromatic N) is 2. The molecule has 3 amide bonds. The molecule has 0 aliphatic carbocycles. The molecule has 0 bridgehead atoms. The topological polar surface area (TPSA) is 110 Å². The van der Waals surface area contributed by atoms with Gasteiger partial charge in [-0.3, -0.25) is 9.59 Å². The fourth-order valence-electron chi connectivity index (χ4n) is 4.22. The molecule has 216 valence electrons. The number of carbonyl (C=O) groups excluding carboxylic acids is 3. The van der Waals surface area contributed by atoms with Gasteiger partial charge in [0.25, 0.3) is 11.8 Å². The van der Waals surface area contributed by atoms with Crippen molar-refractivity contribution in [1.29, 1.82) is 0 Å². The lowest BCUT2D eigenvalue weighted by atomic mass is 10.1. The highest BCUT2D eigenvalue weighted by Gasteiger charge is 2.28. The summed E-state index contributed by atoms with van der Waals surface area (Å²) < 4.78 is 12.6. The summed E-state index contributed by atoms with van der Waals surface area (Å²) in [6.07, 6.45) is 2.14. The van der Waals surface area contributed by atoms with Gasteiger partial charge in [-0.05, 0) is 98.3 Å². The molecule has 41 heavy (non-hydrogen) atoms. The normalized spacial score (nSPS) is 13.9. The summed E-state index contributed by atoms with van der Waals surface area (Å²) in [4.78, 5) is 44.8. The number of aryl methyl sites for hydroxylation is 1. The van der Waals surface area contributed by atoms with Gasteiger partial charge in [0.15, 0.2) is 0 Å². The van der Waals surface area contributed by atoms with E-state index >= 15 is 0 Å². The minimum Gasteiger partial charge on any atom is -0.489 e. The summed E-state index contributed by atoms with van der Waals surface area (Å²) in [5, 5.41) is 6.07. The first-order valence-electron chi connectivity index (χ1n) is 13.2. The molecule has 1 aromatic heterocycles. The van der Waals surface area contributed by atoms with E-state index in [9.17, 15) is 14.4 Å². The van der Waals surface area contributed by atoms with Crippen molar-refractivity contribution in [1.82, 2.24) is 9.88 Å². The quantitative estimate of drug-likeness (QED) is 0.272. The lowest BCUT2D eigenvalue weighted by Crippen LogP contribution is -2.44. The highest BCUT2D eigenvalue weighted by atomic mass is 127. The van der Waals surface area contributed by atoms with Crippen LogP contribution in [0.25, 0.3) is 0 Å². The number of piperidine rings is 1. The number of carbonyl (C=O) groups is 3. The number of halogens is 2. The smallest absolute Gasteiger partial charge is 0.410 e. The minimum absolute atomic E-state index is 0.173. The van der Waals surface area contributed by atoms with Crippen LogP contribution in [0.1, 0.15) is 59.9 Å². The van der Waals surface area contributed by atoms with Crippen molar-refractivity contribution < 1.29 is 23.9 Å². The monoisotopic (exact) mass is 690 g/mol. The number of nitrogens with one attached hydrogen (secondary N) is 2. The number of hydrogen-bond donors (Lipinski definition) is 2. The van der Waals surface area contributed by atoms with E-state index in [1.807, 2.05) is 39.8 Å². The summed E-state index contributed by atoms with van der Waals surface area (Å²) in [5.41, 5.74) is 1.35. The Morgan fingerprint density at radius 2 is 1.66 bits per heavy atom. The van der Waals surface area contributed by atoms with Gasteiger partial charge < -0.3 is 25.0 Å². The van der Waals surface area contributed by atoms with Crippen LogP contribution in [0.2, 0.25) is 5.02 Å². The van der Waals surface area contributed by atoms with Gasteiger partial charge in [0, 0.05) is 35.7 Å². The molecule has 1 saturated heterocycles. The average Bonchev–Trinajstić information content (AvgIpc) is 2.89. The molecule has 0 atom stereocenters. The maximum absolute atomic E-state index is 13.5. The molecule has 9 nitrogen and oxygen atoms in total. The zero-order chi connectivity index (χ0) is 29.7. The number of benzene rings is 2. The molecule has 1 aliphatic heterocycles. The number of anilines is 2. The van der Waals surface area contributed by atoms with Crippen molar-refractivity contribution in [3.63, 3.8) is 0 Å². The van der Waals surface area contributed by atoms with Crippen LogP contribution in [0.5, 0.6) is 5.75 Å². The number of pyridine rings is 1. The standard InChI is InChI=1S/C30H32ClIN4O5/c1-18-5-8-23(25(15-18)40-21-11-13-36(14-12-21)29(39)41-30(2,3)4)28(38)34-24-16-20(32)7-9-22(24)27(37)35-26-10-6-19(31)17-33-26/h5-10,15-17,21H,11-14H2,1-4H3,(H,34,38)(H,33,35,37). The van der Waals surface area contributed by atoms with Crippen molar-refractivity contribution in [2.24, 2.45) is 0 Å². The fraction of sp³-hybridized carbons (Fsp3) is 0.333. The third-order valence-electron chi connectivity index (χ3n) is 6.21. The predicted octanol–water partition coefficient (Wildman–Crippen LogP) is 6.93. The number of amides is 3. The van der Waals surface area contributed by atoms with Gasteiger partial charge in [0.1, 0.15) is 23.3 Å². The lowest BCUT2D eigenvalue weighted by molar-refractivity contribution is 0.0126. The van der Waals surface area contributed by atoms with Crippen LogP contribution in [0, 0.1) is 10.5 Å². The average molecular weight is 691 g/mol. The van der Waals surface area contributed by atoms with E-state index < -0.39 is 17.4 Å². The van der Waals surface area contributed by atoms with Crippen LogP contribution in [0.4, 0.5) is 16.3 Å². The summed E-state index contributed by atoms with van der Waals surface area (Å²) >= 11 is 8.02. The van der Waals surface area contributed by atoms with E-state index in [-0.39, 0.29) is 17.8 Å². The highest BCUT2D eigenvalue weighted by Crippen LogP contribution is 2.28. The largest absolute Gasteiger partial charge is 0.489 e. The maximum atomic E-state index is 13.5. The molecule has 11 heteroatoms. The number of likely N-dealkylation sites (tertiary alicyclic amines) is 1. The number of ether oxygens (including phenoxy) is 2. The van der Waals surface area contributed by atoms with E-state index in [4.69, 9.17) is 21.1 Å². The van der Waals surface area contributed by atoms with Crippen LogP contribution < -0.4 is 15.4 Å². The second kappa shape index (κ2) is 13.1. The molecular weight excluding hydrogens is 659 g/mol. The predicted molar refractivity (Wildman–Crippen MR) is 167 cm³/mol. The highest BCUT2D eigenvalue weighted by molar-refractivity contribution is 14.1. The summed E-state index contributed by atoms with van der Waals surface area (Å²) in [5.74, 6) is -0.0575. The van der Waals surface area contributed by atoms with E-state index in [0.717, 1.165) is 9.13 Å². The zero-order valence-electron chi connectivity index (χ0n) is 23.3. The Morgan fingerprint density at radius 3 is 2.32 bits per heavy atom. The van der Waals surface area contributed by atoms with Gasteiger partial charge in [-0.2, -0.15) is 0 Å². The van der Waals surface area contributed by atoms with Crippen LogP contribution in [-0.4, -0.2) is 52.6 Å². The van der Waals surface area contributed by atoms with E-state index in [2.05, 4.69) is 38.2 Å². The van der Waals surface area contributed by atoms with Gasteiger partial charge in [-0.15, -0.1) is 0 Å². The van der Waals surface area contributed by atoms with Gasteiger partial charge >= 0.3 is 6.09 Å². The second-order valence-electron chi connectivity index (χ2n) is 10.7. The Balaban J connectivity index is 1.47. The first kappa shape index (κ1) is 30.6. The zero-order valence-corrected chi connectivity index (χ0v) is 26.2. The number of hydrogen-bond acceptors (Lipinski definition) is 6. The third kappa shape index (κ3) is 8.56. The Morgan fingerprint density at radius 1 is 0.976 bits per heavy atom. The van der Waals surface area contributed by atoms with Gasteiger partial charge in [0.05, 0.1) is 21.8 Å². The number of aromatic nitrogens is 1. The second-order valence-corrected chi connectivity index (χ2v) is 12.4. The molecule has 2 aromatic carbocycles. The Hall–Kier alpha value is -3.38. The molecule has 0 radical (unpaired) electrons. The van der Waals surface area contributed by atoms with E-state index in [0.29, 0.717) is 53.8 Å². The molecule has 1 aliphatic rings. The molecule has 0 unspecified atom stereocenters. The van der Waals surface area contributed by atoms with Gasteiger partial charge in [-0.1, -0.05) is 17.7 Å². The van der Waals surface area contributed by atoms with Crippen LogP contribution >= 0.6 is 34.2 Å². The Labute approximate surface area is 258 Å². The molecule has 2 N–H and O–H groups in total. The Bertz CT molecular complexity index is 1430. The summed E-state index contributed by atoms with van der Waals surface area (Å²) in [6.45, 7) is 8.44. The van der Waals surface area contributed by atoms with E-state index in [1.54, 1.807) is 41.3 Å². The van der Waals surface area contributed by atoms with Crippen molar-refractivity contribution in [3.05, 3.63) is 80.0 Å². The lowest BCUT2D eigenvalue weighted by Gasteiger charge is -2.33. The molecule has 1 fully saturated rings. The third-order valence-corrected chi connectivity index (χ3v) is 7.11. The van der Waals surface area contributed by atoms with Gasteiger partial charge in [-0.25, -0.2) is 9.78 Å². The SMILES string of the molecule is Cc1ccc(C(=O)Nc2cc(I)ccc2C(=O)Nc2ccc(Cl)cn2)c(OC2CCN(C(=O)OC(C)(C)C)CC2)c1. The van der Waals surface area contributed by atoms with Crippen molar-refractivity contribution in [2.75, 3.05) is 23.7 Å². The van der Waals surface area contributed by atoms with Crippen LogP contribution in [-0.2, 0) is 4.74 Å². The molecular formula is C30H32ClIN4O5. The van der Waals surface area contributed by atoms with Crippen molar-refractivity contribution in [2.45, 2.75) is 52.2 Å². The first-order valence-corrected chi connectivity index (χ1v) is 14.6. The van der Waals surface area contributed by atoms with E-state index in [1.165, 1.54) is 6.20 Å². The molecule has 0 saturated carbocycles. The molecule has 3 aromatic rings. The van der Waals surface area contributed by atoms with Crippen LogP contribution in [0.15, 0.2) is 54.7 Å². The first-order chi connectivity index (χ1) is 19.4. The van der Waals surface area contributed by atoms with Gasteiger partial charge in [0.2, 0.25) is 0 Å². The Kier molecular flexibility index (Phi) is 9.75. The molecule has 2 heterocycles. The minimum atomic E-state index is -0.557. The number of rotatable bonds is 6. The summed E-state index contributed by atoms with van der Waals surface area (Å²) in [6, 6.07) is 13.7. The maximum Gasteiger partial charge on any atom is 0.410 e. The summed E-state index contributed by atoms with van der Waals surface area (Å²) in [7, 11) is 0. The fourth-order valence-corrected chi connectivity index (χ4v) is 4.82. The molecule has 4 rings (SSSR count). The van der Waals surface area contributed by atoms with Crippen molar-refractivity contribution >= 4 is 63.6 Å². The molecule has 0 spiro atoms. The van der Waals surface area contributed by atoms with Crippen molar-refractivity contribution in [3.8, 4) is 5.75 Å². The van der Waals surface area contributed by atoms with Crippen LogP contribution in [0.3, 0.4) is 0 Å².